The first-order valence-corrected chi connectivity index (χ1v) is 8.10. The van der Waals surface area contributed by atoms with Gasteiger partial charge in [0.15, 0.2) is 0 Å². The minimum atomic E-state index is -0.984. The number of para-hydroxylation sites is 1. The predicted molar refractivity (Wildman–Crippen MR) is 87.1 cm³/mol. The van der Waals surface area contributed by atoms with E-state index in [2.05, 4.69) is 0 Å². The molecule has 1 amide bonds. The molecule has 0 saturated heterocycles. The van der Waals surface area contributed by atoms with Crippen molar-refractivity contribution in [1.82, 2.24) is 0 Å². The van der Waals surface area contributed by atoms with Crippen LogP contribution in [-0.2, 0) is 9.53 Å². The molecule has 0 radical (unpaired) electrons. The Bertz CT molecular complexity index is 790. The van der Waals surface area contributed by atoms with E-state index in [1.165, 1.54) is 11.8 Å². The molecule has 0 N–H and O–H groups in total. The van der Waals surface area contributed by atoms with E-state index in [0.717, 1.165) is 11.3 Å². The number of fused-ring (bicyclic) bond motifs is 1. The monoisotopic (exact) mass is 375 g/mol. The predicted octanol–water partition coefficient (Wildman–Crippen LogP) is 4.93. The topological polar surface area (TPSA) is 46.6 Å². The van der Waals surface area contributed by atoms with Gasteiger partial charge in [-0.25, -0.2) is 4.79 Å². The molecule has 4 nitrogen and oxygen atoms in total. The van der Waals surface area contributed by atoms with E-state index in [-0.39, 0.29) is 20.3 Å². The second kappa shape index (κ2) is 5.74. The van der Waals surface area contributed by atoms with Gasteiger partial charge in [0, 0.05) is 6.92 Å². The highest BCUT2D eigenvalue weighted by Gasteiger charge is 2.39. The molecular formula is C14H8Cl3NO3S. The number of hydrogen-bond acceptors (Lipinski definition) is 4. The molecule has 0 unspecified atom stereocenters. The highest BCUT2D eigenvalue weighted by molar-refractivity contribution is 7.17. The van der Waals surface area contributed by atoms with Gasteiger partial charge in [-0.05, 0) is 12.1 Å². The molecule has 0 fully saturated rings. The third-order valence-corrected chi connectivity index (χ3v) is 5.80. The van der Waals surface area contributed by atoms with E-state index in [1.807, 2.05) is 0 Å². The van der Waals surface area contributed by atoms with Crippen molar-refractivity contribution in [3.05, 3.63) is 49.1 Å². The van der Waals surface area contributed by atoms with E-state index in [0.29, 0.717) is 16.1 Å². The zero-order valence-electron chi connectivity index (χ0n) is 11.1. The van der Waals surface area contributed by atoms with Crippen LogP contribution in [0, 0.1) is 0 Å². The van der Waals surface area contributed by atoms with Crippen molar-refractivity contribution in [1.29, 1.82) is 0 Å². The van der Waals surface area contributed by atoms with Crippen LogP contribution in [0.1, 0.15) is 28.4 Å². The number of anilines is 1. The van der Waals surface area contributed by atoms with Crippen LogP contribution in [0.5, 0.6) is 0 Å². The molecule has 0 aliphatic carbocycles. The minimum Gasteiger partial charge on any atom is -0.432 e. The Morgan fingerprint density at radius 1 is 1.23 bits per heavy atom. The van der Waals surface area contributed by atoms with Gasteiger partial charge in [0.05, 0.1) is 26.2 Å². The fourth-order valence-corrected chi connectivity index (χ4v) is 4.10. The van der Waals surface area contributed by atoms with E-state index < -0.39 is 12.2 Å². The van der Waals surface area contributed by atoms with Gasteiger partial charge in [-0.3, -0.25) is 9.69 Å². The van der Waals surface area contributed by atoms with Gasteiger partial charge in [-0.2, -0.15) is 0 Å². The van der Waals surface area contributed by atoms with Gasteiger partial charge >= 0.3 is 5.97 Å². The minimum absolute atomic E-state index is 0.181. The normalized spacial score (nSPS) is 17.2. The van der Waals surface area contributed by atoms with Gasteiger partial charge in [-0.15, -0.1) is 11.3 Å². The molecular weight excluding hydrogens is 369 g/mol. The zero-order chi connectivity index (χ0) is 16.0. The second-order valence-corrected chi connectivity index (χ2v) is 6.94. The summed E-state index contributed by atoms with van der Waals surface area (Å²) in [7, 11) is 0. The van der Waals surface area contributed by atoms with Gasteiger partial charge < -0.3 is 4.74 Å². The summed E-state index contributed by atoms with van der Waals surface area (Å²) in [6.07, 6.45) is -0.984. The number of amides is 1. The molecule has 1 aromatic carbocycles. The zero-order valence-corrected chi connectivity index (χ0v) is 14.2. The maximum Gasteiger partial charge on any atom is 0.342 e. The van der Waals surface area contributed by atoms with Crippen molar-refractivity contribution >= 4 is 63.7 Å². The van der Waals surface area contributed by atoms with Crippen LogP contribution in [0.3, 0.4) is 0 Å². The molecule has 114 valence electrons. The van der Waals surface area contributed by atoms with Gasteiger partial charge in [0.25, 0.3) is 0 Å². The van der Waals surface area contributed by atoms with Gasteiger partial charge in [0.2, 0.25) is 12.1 Å². The lowest BCUT2D eigenvalue weighted by molar-refractivity contribution is -0.118. The Hall–Kier alpha value is -1.27. The first-order valence-electron chi connectivity index (χ1n) is 6.14. The molecule has 1 aromatic heterocycles. The average molecular weight is 377 g/mol. The summed E-state index contributed by atoms with van der Waals surface area (Å²) < 4.78 is 5.67. The van der Waals surface area contributed by atoms with Crippen molar-refractivity contribution in [2.45, 2.75) is 13.2 Å². The molecule has 2 heterocycles. The largest absolute Gasteiger partial charge is 0.432 e. The van der Waals surface area contributed by atoms with Crippen molar-refractivity contribution in [3.63, 3.8) is 0 Å². The molecule has 0 spiro atoms. The first kappa shape index (κ1) is 15.6. The number of carbonyl (C=O) groups excluding carboxylic acids is 2. The van der Waals surface area contributed by atoms with Crippen molar-refractivity contribution in [2.24, 2.45) is 0 Å². The number of esters is 1. The fourth-order valence-electron chi connectivity index (χ4n) is 2.25. The second-order valence-electron chi connectivity index (χ2n) is 4.53. The van der Waals surface area contributed by atoms with Crippen LogP contribution >= 0.6 is 46.1 Å². The Morgan fingerprint density at radius 2 is 1.91 bits per heavy atom. The third-order valence-electron chi connectivity index (χ3n) is 3.18. The average Bonchev–Trinajstić information content (AvgIpc) is 2.74. The summed E-state index contributed by atoms with van der Waals surface area (Å²) in [5.41, 5.74) is 0.784. The van der Waals surface area contributed by atoms with E-state index in [1.54, 1.807) is 24.3 Å². The first-order chi connectivity index (χ1) is 10.4. The Labute approximate surface area is 145 Å². The highest BCUT2D eigenvalue weighted by atomic mass is 35.5. The van der Waals surface area contributed by atoms with E-state index in [4.69, 9.17) is 39.5 Å². The van der Waals surface area contributed by atoms with Crippen LogP contribution in [0.15, 0.2) is 24.3 Å². The molecule has 22 heavy (non-hydrogen) atoms. The van der Waals surface area contributed by atoms with Crippen molar-refractivity contribution < 1.29 is 14.3 Å². The van der Waals surface area contributed by atoms with Crippen molar-refractivity contribution in [3.8, 4) is 0 Å². The Balaban J connectivity index is 2.18. The number of hydrogen-bond donors (Lipinski definition) is 0. The fraction of sp³-hybridized carbons (Fsp3) is 0.143. The summed E-state index contributed by atoms with van der Waals surface area (Å²) in [6.45, 7) is 1.38. The number of carbonyl (C=O) groups is 2. The standard InChI is InChI=1S/C14H8Cl3NO3S/c1-6(19)18-8-5-3-2-4-7(8)14(20)21-13(18)11-9(15)10(16)12(17)22-11/h2-5,13H,1H3/t13-/m0/s1. The van der Waals surface area contributed by atoms with Crippen LogP contribution < -0.4 is 4.90 Å². The van der Waals surface area contributed by atoms with Crippen LogP contribution in [0.4, 0.5) is 5.69 Å². The molecule has 1 aliphatic heterocycles. The van der Waals surface area contributed by atoms with Crippen LogP contribution in [0.2, 0.25) is 14.4 Å². The van der Waals surface area contributed by atoms with E-state index in [9.17, 15) is 9.59 Å². The van der Waals surface area contributed by atoms with Crippen LogP contribution in [0.25, 0.3) is 0 Å². The lowest BCUT2D eigenvalue weighted by Crippen LogP contribution is -2.40. The lowest BCUT2D eigenvalue weighted by atomic mass is 10.1. The summed E-state index contributed by atoms with van der Waals surface area (Å²) in [6, 6.07) is 6.71. The lowest BCUT2D eigenvalue weighted by Gasteiger charge is -2.35. The summed E-state index contributed by atoms with van der Waals surface area (Å²) in [4.78, 5) is 26.0. The third kappa shape index (κ3) is 2.38. The van der Waals surface area contributed by atoms with E-state index >= 15 is 0 Å². The quantitative estimate of drug-likeness (QED) is 0.663. The molecule has 8 heteroatoms. The summed E-state index contributed by atoms with van der Waals surface area (Å²) >= 11 is 19.2. The summed E-state index contributed by atoms with van der Waals surface area (Å²) in [5, 5.41) is 0.363. The molecule has 0 bridgehead atoms. The number of benzene rings is 1. The number of nitrogens with zero attached hydrogens (tertiary/aromatic N) is 1. The van der Waals surface area contributed by atoms with Crippen molar-refractivity contribution in [2.75, 3.05) is 4.90 Å². The number of rotatable bonds is 1. The van der Waals surface area contributed by atoms with Gasteiger partial charge in [0.1, 0.15) is 4.34 Å². The number of thiophene rings is 1. The Kier molecular flexibility index (Phi) is 4.07. The Morgan fingerprint density at radius 3 is 2.50 bits per heavy atom. The maximum atomic E-state index is 12.2. The smallest absolute Gasteiger partial charge is 0.342 e. The highest BCUT2D eigenvalue weighted by Crippen LogP contribution is 2.47. The molecule has 2 aromatic rings. The summed E-state index contributed by atoms with van der Waals surface area (Å²) in [5.74, 6) is -0.823. The number of ether oxygens (including phenoxy) is 1. The molecule has 1 aliphatic rings. The SMILES string of the molecule is CC(=O)N1c2ccccc2C(=O)O[C@H]1c1sc(Cl)c(Cl)c1Cl. The molecule has 3 rings (SSSR count). The maximum absolute atomic E-state index is 12.2. The number of cyclic esters (lactones) is 1. The van der Waals surface area contributed by atoms with Gasteiger partial charge in [-0.1, -0.05) is 46.9 Å². The number of halogens is 3. The molecule has 0 saturated carbocycles. The molecule has 1 atom stereocenters. The van der Waals surface area contributed by atoms with Crippen LogP contribution in [-0.4, -0.2) is 11.9 Å².